The molecule has 1 N–H and O–H groups in total. The Morgan fingerprint density at radius 2 is 1.95 bits per heavy atom. The number of benzene rings is 1. The van der Waals surface area contributed by atoms with Gasteiger partial charge in [0, 0.05) is 23.7 Å². The largest absolute Gasteiger partial charge is 0.328 e. The molecule has 3 heteroatoms. The first-order valence-electron chi connectivity index (χ1n) is 7.00. The van der Waals surface area contributed by atoms with Crippen LogP contribution in [0.1, 0.15) is 23.7 Å². The molecule has 3 nitrogen and oxygen atoms in total. The van der Waals surface area contributed by atoms with Gasteiger partial charge >= 0.3 is 0 Å². The maximum Gasteiger partial charge on any atom is 0.211 e. The van der Waals surface area contributed by atoms with Gasteiger partial charge in [-0.05, 0) is 30.5 Å². The first-order chi connectivity index (χ1) is 9.74. The van der Waals surface area contributed by atoms with Crippen LogP contribution in [0.15, 0.2) is 42.6 Å². The van der Waals surface area contributed by atoms with Crippen LogP contribution in [-0.4, -0.2) is 6.41 Å². The number of carbonyl (C=O) groups is 1. The van der Waals surface area contributed by atoms with Crippen molar-refractivity contribution in [3.63, 3.8) is 0 Å². The number of carbonyl (C=O) groups excluding carboxylic acids is 1. The summed E-state index contributed by atoms with van der Waals surface area (Å²) >= 11 is 0. The normalized spacial score (nSPS) is 10.3. The van der Waals surface area contributed by atoms with Gasteiger partial charge in [-0.25, -0.2) is 4.57 Å². The highest BCUT2D eigenvalue weighted by Gasteiger charge is 2.09. The van der Waals surface area contributed by atoms with Crippen LogP contribution in [0.2, 0.25) is 0 Å². The van der Waals surface area contributed by atoms with Gasteiger partial charge in [0.25, 0.3) is 0 Å². The number of anilines is 1. The van der Waals surface area contributed by atoms with Crippen molar-refractivity contribution >= 4 is 12.1 Å². The Labute approximate surface area is 120 Å². The maximum absolute atomic E-state index is 10.6. The molecule has 20 heavy (non-hydrogen) atoms. The minimum atomic E-state index is 0.731. The van der Waals surface area contributed by atoms with Crippen LogP contribution in [0.25, 0.3) is 0 Å². The highest BCUT2D eigenvalue weighted by molar-refractivity contribution is 5.73. The van der Waals surface area contributed by atoms with Crippen molar-refractivity contribution in [1.29, 1.82) is 0 Å². The van der Waals surface area contributed by atoms with Gasteiger partial charge in [0.1, 0.15) is 7.05 Å². The minimum Gasteiger partial charge on any atom is -0.328 e. The minimum absolute atomic E-state index is 0.731. The van der Waals surface area contributed by atoms with Crippen LogP contribution in [0.5, 0.6) is 0 Å². The van der Waals surface area contributed by atoms with Crippen molar-refractivity contribution in [2.75, 3.05) is 5.32 Å². The summed E-state index contributed by atoms with van der Waals surface area (Å²) in [5, 5.41) is 2.76. The first kappa shape index (κ1) is 14.3. The molecule has 1 heterocycles. The molecule has 0 fully saturated rings. The third kappa shape index (κ3) is 3.44. The number of para-hydroxylation sites is 1. The predicted octanol–water partition coefficient (Wildman–Crippen LogP) is 2.43. The number of amides is 1. The predicted molar refractivity (Wildman–Crippen MR) is 80.5 cm³/mol. The molecule has 0 aliphatic carbocycles. The van der Waals surface area contributed by atoms with E-state index < -0.39 is 0 Å². The second-order valence-electron chi connectivity index (χ2n) is 4.91. The summed E-state index contributed by atoms with van der Waals surface area (Å²) in [6.07, 6.45) is 5.84. The molecule has 0 unspecified atom stereocenters. The van der Waals surface area contributed by atoms with E-state index in [9.17, 15) is 4.79 Å². The number of pyridine rings is 1. The van der Waals surface area contributed by atoms with Gasteiger partial charge in [-0.2, -0.15) is 0 Å². The fourth-order valence-electron chi connectivity index (χ4n) is 2.37. The summed E-state index contributed by atoms with van der Waals surface area (Å²) in [5.41, 5.74) is 4.71. The van der Waals surface area contributed by atoms with Gasteiger partial charge in [-0.1, -0.05) is 25.1 Å². The Hall–Kier alpha value is -2.16. The number of hydrogen-bond donors (Lipinski definition) is 1. The van der Waals surface area contributed by atoms with Crippen molar-refractivity contribution in [1.82, 2.24) is 0 Å². The Balaban J connectivity index is 2.10. The quantitative estimate of drug-likeness (QED) is 0.634. The standard InChI is InChI=1S/C17H20N2O/c1-3-14-8-10-16(19(2)12-14)11-9-15-6-4-5-7-17(15)18-13-20/h4-8,10,12-13H,3,9,11H2,1-2H3/p+1. The Bertz CT molecular complexity index is 593. The Morgan fingerprint density at radius 3 is 2.65 bits per heavy atom. The van der Waals surface area contributed by atoms with Crippen LogP contribution in [0, 0.1) is 0 Å². The molecule has 2 rings (SSSR count). The molecule has 0 saturated carbocycles. The fraction of sp³-hybridized carbons (Fsp3) is 0.294. The average molecular weight is 269 g/mol. The fourth-order valence-corrected chi connectivity index (χ4v) is 2.37. The molecule has 0 bridgehead atoms. The monoisotopic (exact) mass is 269 g/mol. The van der Waals surface area contributed by atoms with E-state index in [1.54, 1.807) is 0 Å². The van der Waals surface area contributed by atoms with E-state index in [2.05, 4.69) is 48.3 Å². The molecule has 0 aliphatic rings. The van der Waals surface area contributed by atoms with Gasteiger partial charge < -0.3 is 5.32 Å². The molecule has 1 aromatic heterocycles. The second-order valence-corrected chi connectivity index (χ2v) is 4.91. The van der Waals surface area contributed by atoms with Gasteiger partial charge in [0.05, 0.1) is 0 Å². The molecule has 0 radical (unpaired) electrons. The van der Waals surface area contributed by atoms with Gasteiger partial charge in [-0.3, -0.25) is 4.79 Å². The lowest BCUT2D eigenvalue weighted by Crippen LogP contribution is -2.34. The van der Waals surface area contributed by atoms with E-state index in [-0.39, 0.29) is 0 Å². The van der Waals surface area contributed by atoms with Crippen molar-refractivity contribution in [3.05, 3.63) is 59.4 Å². The molecule has 0 spiro atoms. The van der Waals surface area contributed by atoms with Gasteiger partial charge in [-0.15, -0.1) is 0 Å². The lowest BCUT2D eigenvalue weighted by atomic mass is 10.0. The zero-order valence-electron chi connectivity index (χ0n) is 12.1. The van der Waals surface area contributed by atoms with Crippen LogP contribution < -0.4 is 9.88 Å². The smallest absolute Gasteiger partial charge is 0.211 e. The molecule has 0 aliphatic heterocycles. The third-order valence-corrected chi connectivity index (χ3v) is 3.59. The highest BCUT2D eigenvalue weighted by atomic mass is 16.1. The number of aromatic nitrogens is 1. The molecular weight excluding hydrogens is 248 g/mol. The lowest BCUT2D eigenvalue weighted by molar-refractivity contribution is -0.679. The summed E-state index contributed by atoms with van der Waals surface area (Å²) in [6, 6.07) is 12.3. The molecule has 2 aromatic rings. The van der Waals surface area contributed by atoms with Crippen LogP contribution in [-0.2, 0) is 31.1 Å². The summed E-state index contributed by atoms with van der Waals surface area (Å²) in [4.78, 5) is 10.6. The van der Waals surface area contributed by atoms with Crippen LogP contribution in [0.4, 0.5) is 5.69 Å². The number of nitrogens with one attached hydrogen (secondary N) is 1. The van der Waals surface area contributed by atoms with Crippen molar-refractivity contribution in [2.45, 2.75) is 26.2 Å². The number of hydrogen-bond acceptors (Lipinski definition) is 1. The van der Waals surface area contributed by atoms with E-state index in [1.807, 2.05) is 18.2 Å². The molecule has 1 aromatic carbocycles. The van der Waals surface area contributed by atoms with Gasteiger partial charge in [0.2, 0.25) is 6.41 Å². The van der Waals surface area contributed by atoms with E-state index in [0.717, 1.165) is 31.4 Å². The van der Waals surface area contributed by atoms with Crippen LogP contribution >= 0.6 is 0 Å². The van der Waals surface area contributed by atoms with Crippen molar-refractivity contribution < 1.29 is 9.36 Å². The zero-order chi connectivity index (χ0) is 14.4. The Kier molecular flexibility index (Phi) is 4.88. The number of rotatable bonds is 6. The van der Waals surface area contributed by atoms with E-state index in [1.165, 1.54) is 16.8 Å². The molecular formula is C17H21N2O+. The number of aryl methyl sites for hydroxylation is 4. The average Bonchev–Trinajstić information content (AvgIpc) is 2.47. The van der Waals surface area contributed by atoms with E-state index in [0.29, 0.717) is 0 Å². The number of nitrogens with zero attached hydrogens (tertiary/aromatic N) is 1. The summed E-state index contributed by atoms with van der Waals surface area (Å²) in [5.74, 6) is 0. The summed E-state index contributed by atoms with van der Waals surface area (Å²) in [7, 11) is 2.09. The topological polar surface area (TPSA) is 33.0 Å². The van der Waals surface area contributed by atoms with E-state index in [4.69, 9.17) is 0 Å². The maximum atomic E-state index is 10.6. The van der Waals surface area contributed by atoms with Gasteiger partial charge in [0.15, 0.2) is 11.9 Å². The molecule has 0 atom stereocenters. The molecule has 1 amide bonds. The highest BCUT2D eigenvalue weighted by Crippen LogP contribution is 2.16. The Morgan fingerprint density at radius 1 is 1.15 bits per heavy atom. The lowest BCUT2D eigenvalue weighted by Gasteiger charge is -2.07. The summed E-state index contributed by atoms with van der Waals surface area (Å²) in [6.45, 7) is 2.16. The zero-order valence-corrected chi connectivity index (χ0v) is 12.1. The molecule has 0 saturated heterocycles. The second kappa shape index (κ2) is 6.85. The third-order valence-electron chi connectivity index (χ3n) is 3.59. The summed E-state index contributed by atoms with van der Waals surface area (Å²) < 4.78 is 2.19. The van der Waals surface area contributed by atoms with Crippen molar-refractivity contribution in [3.8, 4) is 0 Å². The molecule has 104 valence electrons. The van der Waals surface area contributed by atoms with E-state index >= 15 is 0 Å². The SMILES string of the molecule is CCc1ccc(CCc2ccccc2NC=O)[n+](C)c1. The van der Waals surface area contributed by atoms with Crippen LogP contribution in [0.3, 0.4) is 0 Å². The first-order valence-corrected chi connectivity index (χ1v) is 7.00. The van der Waals surface area contributed by atoms with Crippen molar-refractivity contribution in [2.24, 2.45) is 7.05 Å².